The standard InChI is InChI=1S/C6H8N2O2/c1-9-5-3-8-6(10-2)4-7-5/h3-4H,1-2H3. The van der Waals surface area contributed by atoms with Gasteiger partial charge in [0.2, 0.25) is 11.8 Å². The number of hydrogen-bond acceptors (Lipinski definition) is 4. The van der Waals surface area contributed by atoms with Gasteiger partial charge in [-0.2, -0.15) is 0 Å². The van der Waals surface area contributed by atoms with Crippen LogP contribution in [0.25, 0.3) is 0 Å². The first-order valence-corrected chi connectivity index (χ1v) is 2.77. The molecule has 0 radical (unpaired) electrons. The molecular weight excluding hydrogens is 132 g/mol. The number of nitrogens with zero attached hydrogens (tertiary/aromatic N) is 2. The van der Waals surface area contributed by atoms with Gasteiger partial charge in [0.25, 0.3) is 0 Å². The quantitative estimate of drug-likeness (QED) is 0.599. The van der Waals surface area contributed by atoms with Crippen molar-refractivity contribution in [2.75, 3.05) is 14.2 Å². The number of rotatable bonds is 2. The van der Waals surface area contributed by atoms with Gasteiger partial charge in [-0.05, 0) is 0 Å². The third-order valence-electron chi connectivity index (χ3n) is 1.02. The molecule has 4 nitrogen and oxygen atoms in total. The van der Waals surface area contributed by atoms with E-state index in [9.17, 15) is 0 Å². The summed E-state index contributed by atoms with van der Waals surface area (Å²) in [7, 11) is 3.08. The molecule has 0 aliphatic heterocycles. The monoisotopic (exact) mass is 140 g/mol. The summed E-state index contributed by atoms with van der Waals surface area (Å²) in [6.45, 7) is 0. The van der Waals surface area contributed by atoms with Gasteiger partial charge in [-0.25, -0.2) is 9.97 Å². The fourth-order valence-electron chi connectivity index (χ4n) is 0.515. The van der Waals surface area contributed by atoms with Crippen LogP contribution in [0.1, 0.15) is 0 Å². The summed E-state index contributed by atoms with van der Waals surface area (Å²) >= 11 is 0. The Bertz CT molecular complexity index is 174. The second-order valence-corrected chi connectivity index (χ2v) is 1.60. The third-order valence-corrected chi connectivity index (χ3v) is 1.02. The topological polar surface area (TPSA) is 44.2 Å². The van der Waals surface area contributed by atoms with Gasteiger partial charge in [0.05, 0.1) is 26.6 Å². The molecular formula is C6H8N2O2. The molecule has 0 atom stereocenters. The minimum Gasteiger partial charge on any atom is -0.480 e. The number of aromatic nitrogens is 2. The van der Waals surface area contributed by atoms with Crippen LogP contribution in [0.4, 0.5) is 0 Å². The van der Waals surface area contributed by atoms with Gasteiger partial charge < -0.3 is 9.47 Å². The maximum atomic E-state index is 4.78. The van der Waals surface area contributed by atoms with Crippen LogP contribution in [0.5, 0.6) is 11.8 Å². The van der Waals surface area contributed by atoms with E-state index < -0.39 is 0 Å². The van der Waals surface area contributed by atoms with E-state index >= 15 is 0 Å². The van der Waals surface area contributed by atoms with Crippen molar-refractivity contribution >= 4 is 0 Å². The molecule has 1 aromatic heterocycles. The SMILES string of the molecule is COc1cnc(OC)cn1. The molecule has 10 heavy (non-hydrogen) atoms. The lowest BCUT2D eigenvalue weighted by Gasteiger charge is -1.98. The van der Waals surface area contributed by atoms with E-state index in [1.165, 1.54) is 26.6 Å². The zero-order valence-electron chi connectivity index (χ0n) is 5.87. The van der Waals surface area contributed by atoms with E-state index in [4.69, 9.17) is 9.47 Å². The average Bonchev–Trinajstić information content (AvgIpc) is 2.05. The Labute approximate surface area is 58.8 Å². The summed E-state index contributed by atoms with van der Waals surface area (Å²) in [5.41, 5.74) is 0. The Morgan fingerprint density at radius 2 is 1.40 bits per heavy atom. The van der Waals surface area contributed by atoms with Crippen LogP contribution >= 0.6 is 0 Å². The summed E-state index contributed by atoms with van der Waals surface area (Å²) in [6, 6.07) is 0. The lowest BCUT2D eigenvalue weighted by atomic mass is 10.7. The van der Waals surface area contributed by atoms with Gasteiger partial charge in [0.15, 0.2) is 0 Å². The molecule has 4 heteroatoms. The van der Waals surface area contributed by atoms with E-state index in [2.05, 4.69) is 9.97 Å². The zero-order chi connectivity index (χ0) is 7.40. The molecule has 1 heterocycles. The molecule has 0 amide bonds. The largest absolute Gasteiger partial charge is 0.480 e. The van der Waals surface area contributed by atoms with E-state index in [0.29, 0.717) is 11.8 Å². The summed E-state index contributed by atoms with van der Waals surface area (Å²) in [6.07, 6.45) is 3.00. The molecule has 0 saturated heterocycles. The molecule has 0 unspecified atom stereocenters. The second kappa shape index (κ2) is 3.00. The smallest absolute Gasteiger partial charge is 0.232 e. The molecule has 1 rings (SSSR count). The molecule has 0 bridgehead atoms. The summed E-state index contributed by atoms with van der Waals surface area (Å²) < 4.78 is 9.57. The van der Waals surface area contributed by atoms with Crippen molar-refractivity contribution in [2.45, 2.75) is 0 Å². The Balaban J connectivity index is 2.80. The van der Waals surface area contributed by atoms with Gasteiger partial charge >= 0.3 is 0 Å². The Morgan fingerprint density at radius 1 is 1.00 bits per heavy atom. The van der Waals surface area contributed by atoms with Gasteiger partial charge in [0.1, 0.15) is 0 Å². The molecule has 0 aliphatic carbocycles. The van der Waals surface area contributed by atoms with Crippen LogP contribution in [0, 0.1) is 0 Å². The first kappa shape index (κ1) is 6.80. The highest BCUT2D eigenvalue weighted by Gasteiger charge is 1.93. The predicted octanol–water partition coefficient (Wildman–Crippen LogP) is 0.494. The number of hydrogen-bond donors (Lipinski definition) is 0. The summed E-state index contributed by atoms with van der Waals surface area (Å²) in [5.74, 6) is 0.974. The molecule has 0 fully saturated rings. The van der Waals surface area contributed by atoms with Crippen molar-refractivity contribution < 1.29 is 9.47 Å². The van der Waals surface area contributed by atoms with Crippen molar-refractivity contribution in [1.29, 1.82) is 0 Å². The normalized spacial score (nSPS) is 9.00. The first-order chi connectivity index (χ1) is 4.86. The Hall–Kier alpha value is -1.32. The minimum atomic E-state index is 0.487. The zero-order valence-corrected chi connectivity index (χ0v) is 5.87. The van der Waals surface area contributed by atoms with E-state index in [-0.39, 0.29) is 0 Å². The maximum Gasteiger partial charge on any atom is 0.232 e. The van der Waals surface area contributed by atoms with Gasteiger partial charge in [-0.15, -0.1) is 0 Å². The molecule has 0 saturated carbocycles. The van der Waals surface area contributed by atoms with Crippen molar-refractivity contribution in [3.8, 4) is 11.8 Å². The first-order valence-electron chi connectivity index (χ1n) is 2.77. The molecule has 0 spiro atoms. The minimum absolute atomic E-state index is 0.487. The maximum absolute atomic E-state index is 4.78. The van der Waals surface area contributed by atoms with E-state index in [1.807, 2.05) is 0 Å². The van der Waals surface area contributed by atoms with Gasteiger partial charge in [-0.3, -0.25) is 0 Å². The van der Waals surface area contributed by atoms with Crippen molar-refractivity contribution in [3.05, 3.63) is 12.4 Å². The lowest BCUT2D eigenvalue weighted by molar-refractivity contribution is 0.374. The van der Waals surface area contributed by atoms with E-state index in [1.54, 1.807) is 0 Å². The highest BCUT2D eigenvalue weighted by Crippen LogP contribution is 2.06. The average molecular weight is 140 g/mol. The van der Waals surface area contributed by atoms with Crippen molar-refractivity contribution in [1.82, 2.24) is 9.97 Å². The van der Waals surface area contributed by atoms with Crippen molar-refractivity contribution in [2.24, 2.45) is 0 Å². The highest BCUT2D eigenvalue weighted by molar-refractivity contribution is 5.10. The van der Waals surface area contributed by atoms with Crippen LogP contribution in [-0.2, 0) is 0 Å². The lowest BCUT2D eigenvalue weighted by Crippen LogP contribution is -1.91. The molecule has 54 valence electrons. The van der Waals surface area contributed by atoms with Gasteiger partial charge in [0, 0.05) is 0 Å². The van der Waals surface area contributed by atoms with Crippen molar-refractivity contribution in [3.63, 3.8) is 0 Å². The van der Waals surface area contributed by atoms with Crippen LogP contribution < -0.4 is 9.47 Å². The second-order valence-electron chi connectivity index (χ2n) is 1.60. The van der Waals surface area contributed by atoms with Crippen LogP contribution in [-0.4, -0.2) is 24.2 Å². The summed E-state index contributed by atoms with van der Waals surface area (Å²) in [5, 5.41) is 0. The van der Waals surface area contributed by atoms with Crippen LogP contribution in [0.15, 0.2) is 12.4 Å². The molecule has 0 aliphatic rings. The highest BCUT2D eigenvalue weighted by atomic mass is 16.5. The predicted molar refractivity (Wildman–Crippen MR) is 35.1 cm³/mol. The van der Waals surface area contributed by atoms with Gasteiger partial charge in [-0.1, -0.05) is 0 Å². The third kappa shape index (κ3) is 1.34. The summed E-state index contributed by atoms with van der Waals surface area (Å²) in [4.78, 5) is 7.72. The Morgan fingerprint density at radius 3 is 1.60 bits per heavy atom. The van der Waals surface area contributed by atoms with Crippen LogP contribution in [0.3, 0.4) is 0 Å². The number of methoxy groups -OCH3 is 2. The fraction of sp³-hybridized carbons (Fsp3) is 0.333. The Kier molecular flexibility index (Phi) is 2.04. The van der Waals surface area contributed by atoms with E-state index in [0.717, 1.165) is 0 Å². The number of ether oxygens (including phenoxy) is 2. The molecule has 0 N–H and O–H groups in total. The fourth-order valence-corrected chi connectivity index (χ4v) is 0.515. The molecule has 0 aromatic carbocycles. The molecule has 1 aromatic rings. The van der Waals surface area contributed by atoms with Crippen LogP contribution in [0.2, 0.25) is 0 Å².